The summed E-state index contributed by atoms with van der Waals surface area (Å²) in [5.74, 6) is -2.84. The summed E-state index contributed by atoms with van der Waals surface area (Å²) in [7, 11) is 0. The van der Waals surface area contributed by atoms with E-state index in [1.807, 2.05) is 39.9 Å². The van der Waals surface area contributed by atoms with Gasteiger partial charge in [-0.05, 0) is 30.5 Å². The first-order chi connectivity index (χ1) is 19.6. The number of aliphatic carboxylic acids is 1. The Balaban J connectivity index is 0.000000493. The highest BCUT2D eigenvalue weighted by molar-refractivity contribution is 5.90. The maximum Gasteiger partial charge on any atom is 0.490 e. The molecule has 2 N–H and O–H groups in total. The Hall–Kier alpha value is -4.35. The van der Waals surface area contributed by atoms with E-state index in [9.17, 15) is 22.8 Å². The van der Waals surface area contributed by atoms with Gasteiger partial charge >= 0.3 is 12.1 Å². The largest absolute Gasteiger partial charge is 0.490 e. The Kier molecular flexibility index (Phi) is 9.64. The van der Waals surface area contributed by atoms with Gasteiger partial charge in [0.15, 0.2) is 0 Å². The van der Waals surface area contributed by atoms with Gasteiger partial charge in [0.1, 0.15) is 6.04 Å². The fourth-order valence-corrected chi connectivity index (χ4v) is 5.06. The van der Waals surface area contributed by atoms with Gasteiger partial charge < -0.3 is 24.8 Å². The monoisotopic (exact) mass is 571 g/mol. The number of amides is 2. The molecule has 41 heavy (non-hydrogen) atoms. The summed E-state index contributed by atoms with van der Waals surface area (Å²) in [5.41, 5.74) is 3.20. The number of halogens is 3. The van der Waals surface area contributed by atoms with Crippen LogP contribution in [0.2, 0.25) is 0 Å². The number of benzene rings is 2. The van der Waals surface area contributed by atoms with Crippen LogP contribution in [-0.4, -0.2) is 75.2 Å². The Bertz CT molecular complexity index is 1320. The number of hydrogen-bond acceptors (Lipinski definition) is 5. The number of carboxylic acid groups (broad SMARTS) is 1. The summed E-state index contributed by atoms with van der Waals surface area (Å²) >= 11 is 0. The van der Waals surface area contributed by atoms with Crippen LogP contribution in [-0.2, 0) is 27.3 Å². The standard InChI is InChI=1S/C27H31N5O2.C2HF3O2/c33-26-13-15-31(19-24-12-7-14-32(24)23-10-5-2-6-11-23)27(34)25(29-26)16-22-18-30(20-28-22)17-21-8-3-1-4-9-21;3-2(4,5)1(6)7/h1-6,8-11,18,20,24-25H,7,12-17,19H2,(H,29,33);(H,6,7)/t24?,25-;/m0./s1. The normalized spacial score (nSPS) is 19.3. The molecule has 9 nitrogen and oxygen atoms in total. The number of para-hydroxylation sites is 1. The second-order valence-corrected chi connectivity index (χ2v) is 10.0. The molecule has 0 saturated carbocycles. The molecule has 218 valence electrons. The third-order valence-corrected chi connectivity index (χ3v) is 7.00. The van der Waals surface area contributed by atoms with Crippen LogP contribution in [0.5, 0.6) is 0 Å². The number of hydrogen-bond donors (Lipinski definition) is 2. The van der Waals surface area contributed by atoms with E-state index in [0.29, 0.717) is 25.9 Å². The highest BCUT2D eigenvalue weighted by Crippen LogP contribution is 2.26. The van der Waals surface area contributed by atoms with Crippen molar-refractivity contribution in [3.8, 4) is 0 Å². The number of carboxylic acids is 1. The molecule has 5 rings (SSSR count). The molecule has 1 unspecified atom stereocenters. The number of aromatic nitrogens is 2. The number of carbonyl (C=O) groups excluding carboxylic acids is 2. The number of nitrogens with zero attached hydrogens (tertiary/aromatic N) is 4. The number of alkyl halides is 3. The van der Waals surface area contributed by atoms with Crippen LogP contribution < -0.4 is 10.2 Å². The van der Waals surface area contributed by atoms with Crippen LogP contribution in [0.15, 0.2) is 73.2 Å². The van der Waals surface area contributed by atoms with Crippen molar-refractivity contribution in [3.05, 3.63) is 84.4 Å². The second-order valence-electron chi connectivity index (χ2n) is 10.0. The topological polar surface area (TPSA) is 108 Å². The Labute approximate surface area is 235 Å². The molecule has 2 fully saturated rings. The molecular formula is C29H32F3N5O4. The number of nitrogens with one attached hydrogen (secondary N) is 1. The van der Waals surface area contributed by atoms with Crippen molar-refractivity contribution in [2.45, 2.75) is 50.5 Å². The van der Waals surface area contributed by atoms with E-state index in [1.165, 1.54) is 11.3 Å². The highest BCUT2D eigenvalue weighted by Gasteiger charge is 2.38. The summed E-state index contributed by atoms with van der Waals surface area (Å²) in [6.07, 6.45) is 1.57. The molecule has 2 atom stereocenters. The van der Waals surface area contributed by atoms with E-state index in [4.69, 9.17) is 9.90 Å². The molecule has 2 aromatic carbocycles. The average Bonchev–Trinajstić information content (AvgIpc) is 3.57. The van der Waals surface area contributed by atoms with Crippen molar-refractivity contribution in [2.75, 3.05) is 24.5 Å². The Morgan fingerprint density at radius 1 is 1.02 bits per heavy atom. The van der Waals surface area contributed by atoms with Crippen LogP contribution in [0.4, 0.5) is 18.9 Å². The summed E-state index contributed by atoms with van der Waals surface area (Å²) in [4.78, 5) is 43.6. The van der Waals surface area contributed by atoms with E-state index in [-0.39, 0.29) is 17.9 Å². The summed E-state index contributed by atoms with van der Waals surface area (Å²) in [5, 5.41) is 10.1. The zero-order valence-corrected chi connectivity index (χ0v) is 22.3. The van der Waals surface area contributed by atoms with Crippen molar-refractivity contribution in [1.82, 2.24) is 19.8 Å². The fraction of sp³-hybridized carbons (Fsp3) is 0.379. The van der Waals surface area contributed by atoms with Gasteiger partial charge in [0.25, 0.3) is 0 Å². The van der Waals surface area contributed by atoms with Crippen LogP contribution in [0.3, 0.4) is 0 Å². The molecule has 0 bridgehead atoms. The second kappa shape index (κ2) is 13.3. The third-order valence-electron chi connectivity index (χ3n) is 7.00. The predicted octanol–water partition coefficient (Wildman–Crippen LogP) is 3.49. The van der Waals surface area contributed by atoms with Gasteiger partial charge in [-0.15, -0.1) is 0 Å². The van der Waals surface area contributed by atoms with E-state index in [0.717, 1.165) is 31.6 Å². The average molecular weight is 572 g/mol. The van der Waals surface area contributed by atoms with Crippen molar-refractivity contribution >= 4 is 23.5 Å². The van der Waals surface area contributed by atoms with Gasteiger partial charge in [0, 0.05) is 56.9 Å². The zero-order chi connectivity index (χ0) is 29.4. The van der Waals surface area contributed by atoms with Gasteiger partial charge in [-0.2, -0.15) is 13.2 Å². The van der Waals surface area contributed by atoms with Gasteiger partial charge in [-0.25, -0.2) is 9.78 Å². The van der Waals surface area contributed by atoms with Crippen LogP contribution in [0.25, 0.3) is 0 Å². The van der Waals surface area contributed by atoms with E-state index >= 15 is 0 Å². The minimum Gasteiger partial charge on any atom is -0.475 e. The van der Waals surface area contributed by atoms with Crippen molar-refractivity contribution in [2.24, 2.45) is 0 Å². The van der Waals surface area contributed by atoms with Crippen LogP contribution in [0, 0.1) is 0 Å². The van der Waals surface area contributed by atoms with Crippen LogP contribution >= 0.6 is 0 Å². The minimum atomic E-state index is -5.08. The summed E-state index contributed by atoms with van der Waals surface area (Å²) < 4.78 is 33.8. The zero-order valence-electron chi connectivity index (χ0n) is 22.3. The van der Waals surface area contributed by atoms with Crippen molar-refractivity contribution in [3.63, 3.8) is 0 Å². The molecule has 0 radical (unpaired) electrons. The molecule has 2 aliphatic heterocycles. The van der Waals surface area contributed by atoms with E-state index in [1.54, 1.807) is 6.33 Å². The van der Waals surface area contributed by atoms with Crippen molar-refractivity contribution in [1.29, 1.82) is 0 Å². The lowest BCUT2D eigenvalue weighted by Gasteiger charge is -2.32. The molecule has 0 spiro atoms. The van der Waals surface area contributed by atoms with Gasteiger partial charge in [0.2, 0.25) is 11.8 Å². The lowest BCUT2D eigenvalue weighted by atomic mass is 10.1. The third kappa shape index (κ3) is 8.32. The minimum absolute atomic E-state index is 0.0108. The van der Waals surface area contributed by atoms with Gasteiger partial charge in [-0.1, -0.05) is 48.5 Å². The van der Waals surface area contributed by atoms with Crippen molar-refractivity contribution < 1.29 is 32.7 Å². The first kappa shape index (κ1) is 29.6. The Morgan fingerprint density at radius 2 is 1.68 bits per heavy atom. The molecular weight excluding hydrogens is 539 g/mol. The molecule has 1 aromatic heterocycles. The van der Waals surface area contributed by atoms with Gasteiger partial charge in [0.05, 0.1) is 12.0 Å². The molecule has 3 aromatic rings. The molecule has 2 saturated heterocycles. The number of anilines is 1. The summed E-state index contributed by atoms with van der Waals surface area (Å²) in [6, 6.07) is 20.3. The van der Waals surface area contributed by atoms with Gasteiger partial charge in [-0.3, -0.25) is 9.59 Å². The quantitative estimate of drug-likeness (QED) is 0.450. The highest BCUT2D eigenvalue weighted by atomic mass is 19.4. The molecule has 12 heteroatoms. The summed E-state index contributed by atoms with van der Waals surface area (Å²) in [6.45, 7) is 2.82. The maximum atomic E-state index is 13.5. The number of carbonyl (C=O) groups is 3. The van der Waals surface area contributed by atoms with E-state index < -0.39 is 18.2 Å². The SMILES string of the molecule is O=C(O)C(F)(F)F.O=C1CCN(CC2CCCN2c2ccccc2)C(=O)[C@H](Cc2cn(Cc3ccccc3)cn2)N1. The smallest absolute Gasteiger partial charge is 0.475 e. The predicted molar refractivity (Wildman–Crippen MR) is 145 cm³/mol. The number of imidazole rings is 1. The van der Waals surface area contributed by atoms with Crippen LogP contribution in [0.1, 0.15) is 30.5 Å². The molecule has 3 heterocycles. The van der Waals surface area contributed by atoms with E-state index in [2.05, 4.69) is 51.6 Å². The maximum absolute atomic E-state index is 13.5. The molecule has 2 amide bonds. The first-order valence-corrected chi connectivity index (χ1v) is 13.3. The molecule has 2 aliphatic rings. The first-order valence-electron chi connectivity index (χ1n) is 13.3. The lowest BCUT2D eigenvalue weighted by Crippen LogP contribution is -2.49. The number of rotatable bonds is 7. The fourth-order valence-electron chi connectivity index (χ4n) is 5.06. The lowest BCUT2D eigenvalue weighted by molar-refractivity contribution is -0.192. The molecule has 0 aliphatic carbocycles. The Morgan fingerprint density at radius 3 is 2.34 bits per heavy atom.